The van der Waals surface area contributed by atoms with Gasteiger partial charge in [-0.25, -0.2) is 4.79 Å². The highest BCUT2D eigenvalue weighted by molar-refractivity contribution is 5.94. The Labute approximate surface area is 150 Å². The van der Waals surface area contributed by atoms with Crippen LogP contribution in [0.5, 0.6) is 11.5 Å². The van der Waals surface area contributed by atoms with Crippen molar-refractivity contribution in [2.45, 2.75) is 20.0 Å². The van der Waals surface area contributed by atoms with Gasteiger partial charge in [0.1, 0.15) is 17.1 Å². The molecule has 134 valence electrons. The lowest BCUT2D eigenvalue weighted by atomic mass is 10.2. The smallest absolute Gasteiger partial charge is 0.336 e. The van der Waals surface area contributed by atoms with Gasteiger partial charge in [-0.3, -0.25) is 4.79 Å². The minimum absolute atomic E-state index is 0.288. The minimum atomic E-state index is -0.727. The molecule has 1 aromatic heterocycles. The van der Waals surface area contributed by atoms with Crippen LogP contribution in [0.3, 0.4) is 0 Å². The zero-order chi connectivity index (χ0) is 18.5. The van der Waals surface area contributed by atoms with Crippen molar-refractivity contribution in [2.24, 2.45) is 0 Å². The van der Waals surface area contributed by atoms with Crippen LogP contribution in [0.15, 0.2) is 63.8 Å². The number of ether oxygens (including phenoxy) is 2. The number of carbonyl (C=O) groups is 1. The maximum absolute atomic E-state index is 12.3. The first-order valence-electron chi connectivity index (χ1n) is 8.29. The first-order valence-corrected chi connectivity index (χ1v) is 8.29. The average molecular weight is 353 g/mol. The molecule has 0 aliphatic rings. The SMILES string of the molecule is CCOc1ccc(NC(=O)C(C)Oc2ccc3ccc(=O)oc3c2)cc1. The number of carbonyl (C=O) groups excluding carboxylic acids is 1. The summed E-state index contributed by atoms with van der Waals surface area (Å²) in [7, 11) is 0. The fourth-order valence-corrected chi connectivity index (χ4v) is 2.42. The number of rotatable bonds is 6. The first kappa shape index (κ1) is 17.5. The van der Waals surface area contributed by atoms with Crippen molar-refractivity contribution < 1.29 is 18.7 Å². The second kappa shape index (κ2) is 7.74. The molecule has 0 aliphatic carbocycles. The zero-order valence-electron chi connectivity index (χ0n) is 14.5. The van der Waals surface area contributed by atoms with Crippen LogP contribution < -0.4 is 20.4 Å². The van der Waals surface area contributed by atoms with Gasteiger partial charge in [0, 0.05) is 23.2 Å². The molecule has 1 N–H and O–H groups in total. The average Bonchev–Trinajstić information content (AvgIpc) is 2.63. The van der Waals surface area contributed by atoms with E-state index >= 15 is 0 Å². The van der Waals surface area contributed by atoms with E-state index in [9.17, 15) is 9.59 Å². The molecule has 1 heterocycles. The van der Waals surface area contributed by atoms with Crippen LogP contribution in [0.2, 0.25) is 0 Å². The van der Waals surface area contributed by atoms with E-state index in [4.69, 9.17) is 13.9 Å². The molecule has 0 saturated carbocycles. The summed E-state index contributed by atoms with van der Waals surface area (Å²) in [5.74, 6) is 0.900. The molecule has 3 rings (SSSR count). The Hall–Kier alpha value is -3.28. The van der Waals surface area contributed by atoms with Gasteiger partial charge >= 0.3 is 5.63 Å². The molecule has 0 aliphatic heterocycles. The van der Waals surface area contributed by atoms with Gasteiger partial charge in [-0.15, -0.1) is 0 Å². The van der Waals surface area contributed by atoms with Crippen molar-refractivity contribution in [3.8, 4) is 11.5 Å². The highest BCUT2D eigenvalue weighted by Gasteiger charge is 2.15. The summed E-state index contributed by atoms with van der Waals surface area (Å²) in [4.78, 5) is 23.6. The molecule has 0 radical (unpaired) electrons. The number of benzene rings is 2. The summed E-state index contributed by atoms with van der Waals surface area (Å²) < 4.78 is 16.2. The van der Waals surface area contributed by atoms with Gasteiger partial charge in [0.05, 0.1) is 6.61 Å². The van der Waals surface area contributed by atoms with Gasteiger partial charge in [0.2, 0.25) is 0 Å². The van der Waals surface area contributed by atoms with Crippen LogP contribution in [0.25, 0.3) is 11.0 Å². The predicted octanol–water partition coefficient (Wildman–Crippen LogP) is 3.60. The van der Waals surface area contributed by atoms with E-state index in [0.29, 0.717) is 23.6 Å². The van der Waals surface area contributed by atoms with Crippen molar-refractivity contribution in [3.05, 3.63) is 65.0 Å². The van der Waals surface area contributed by atoms with E-state index in [1.165, 1.54) is 6.07 Å². The van der Waals surface area contributed by atoms with Gasteiger partial charge < -0.3 is 19.2 Å². The Morgan fingerprint density at radius 2 is 1.77 bits per heavy atom. The van der Waals surface area contributed by atoms with Gasteiger partial charge in [-0.1, -0.05) is 0 Å². The van der Waals surface area contributed by atoms with E-state index in [2.05, 4.69) is 5.32 Å². The third kappa shape index (κ3) is 4.22. The molecule has 0 saturated heterocycles. The number of anilines is 1. The molecule has 26 heavy (non-hydrogen) atoms. The van der Waals surface area contributed by atoms with Crippen LogP contribution in [0.4, 0.5) is 5.69 Å². The van der Waals surface area contributed by atoms with E-state index < -0.39 is 11.7 Å². The lowest BCUT2D eigenvalue weighted by Gasteiger charge is -2.15. The summed E-state index contributed by atoms with van der Waals surface area (Å²) in [6, 6.07) is 15.2. The predicted molar refractivity (Wildman–Crippen MR) is 98.8 cm³/mol. The quantitative estimate of drug-likeness (QED) is 0.685. The maximum atomic E-state index is 12.3. The molecule has 1 unspecified atom stereocenters. The number of fused-ring (bicyclic) bond motifs is 1. The van der Waals surface area contributed by atoms with Crippen LogP contribution >= 0.6 is 0 Å². The van der Waals surface area contributed by atoms with Crippen molar-refractivity contribution >= 4 is 22.6 Å². The van der Waals surface area contributed by atoms with Gasteiger partial charge in [-0.2, -0.15) is 0 Å². The third-order valence-electron chi connectivity index (χ3n) is 3.71. The summed E-state index contributed by atoms with van der Waals surface area (Å²) >= 11 is 0. The highest BCUT2D eigenvalue weighted by Crippen LogP contribution is 2.21. The standard InChI is InChI=1S/C20H19NO5/c1-3-24-16-9-6-15(7-10-16)21-20(23)13(2)25-17-8-4-14-5-11-19(22)26-18(14)12-17/h4-13H,3H2,1-2H3,(H,21,23). The van der Waals surface area contributed by atoms with E-state index in [1.807, 2.05) is 6.92 Å². The van der Waals surface area contributed by atoms with Gasteiger partial charge in [0.25, 0.3) is 5.91 Å². The Balaban J connectivity index is 1.66. The van der Waals surface area contributed by atoms with Gasteiger partial charge in [-0.05, 0) is 56.3 Å². The summed E-state index contributed by atoms with van der Waals surface area (Å²) in [5, 5.41) is 3.57. The normalized spacial score (nSPS) is 11.8. The van der Waals surface area contributed by atoms with Crippen molar-refractivity contribution in [3.63, 3.8) is 0 Å². The molecule has 1 amide bonds. The van der Waals surface area contributed by atoms with E-state index in [-0.39, 0.29) is 5.91 Å². The molecule has 6 nitrogen and oxygen atoms in total. The molecule has 6 heteroatoms. The third-order valence-corrected chi connectivity index (χ3v) is 3.71. The lowest BCUT2D eigenvalue weighted by Crippen LogP contribution is -2.30. The van der Waals surface area contributed by atoms with Crippen molar-refractivity contribution in [1.29, 1.82) is 0 Å². The largest absolute Gasteiger partial charge is 0.494 e. The molecule has 0 bridgehead atoms. The molecular formula is C20H19NO5. The van der Waals surface area contributed by atoms with Crippen LogP contribution in [-0.4, -0.2) is 18.6 Å². The molecule has 0 spiro atoms. The zero-order valence-corrected chi connectivity index (χ0v) is 14.5. The second-order valence-corrected chi connectivity index (χ2v) is 5.66. The second-order valence-electron chi connectivity index (χ2n) is 5.66. The first-order chi connectivity index (χ1) is 12.5. The highest BCUT2D eigenvalue weighted by atomic mass is 16.5. The fraction of sp³-hybridized carbons (Fsp3) is 0.200. The summed E-state index contributed by atoms with van der Waals surface area (Å²) in [6.45, 7) is 4.14. The van der Waals surface area contributed by atoms with Crippen LogP contribution in [0, 0.1) is 0 Å². The molecule has 2 aromatic carbocycles. The van der Waals surface area contributed by atoms with Crippen LogP contribution in [-0.2, 0) is 4.79 Å². The Bertz CT molecular complexity index is 962. The summed E-state index contributed by atoms with van der Waals surface area (Å²) in [6.07, 6.45) is -0.727. The topological polar surface area (TPSA) is 77.8 Å². The minimum Gasteiger partial charge on any atom is -0.494 e. The monoisotopic (exact) mass is 353 g/mol. The summed E-state index contributed by atoms with van der Waals surface area (Å²) in [5.41, 5.74) is 0.628. The Morgan fingerprint density at radius 1 is 1.08 bits per heavy atom. The maximum Gasteiger partial charge on any atom is 0.336 e. The molecular weight excluding hydrogens is 334 g/mol. The van der Waals surface area contributed by atoms with E-state index in [1.54, 1.807) is 55.5 Å². The number of hydrogen-bond acceptors (Lipinski definition) is 5. The molecule has 0 fully saturated rings. The van der Waals surface area contributed by atoms with Crippen LogP contribution in [0.1, 0.15) is 13.8 Å². The Kier molecular flexibility index (Phi) is 5.22. The van der Waals surface area contributed by atoms with Gasteiger partial charge in [0.15, 0.2) is 6.10 Å². The number of hydrogen-bond donors (Lipinski definition) is 1. The van der Waals surface area contributed by atoms with E-state index in [0.717, 1.165) is 11.1 Å². The Morgan fingerprint density at radius 3 is 2.50 bits per heavy atom. The van der Waals surface area contributed by atoms with Crippen molar-refractivity contribution in [2.75, 3.05) is 11.9 Å². The number of nitrogens with one attached hydrogen (secondary N) is 1. The number of amides is 1. The van der Waals surface area contributed by atoms with Crippen molar-refractivity contribution in [1.82, 2.24) is 0 Å². The molecule has 3 aromatic rings. The molecule has 1 atom stereocenters. The fourth-order valence-electron chi connectivity index (χ4n) is 2.42. The lowest BCUT2D eigenvalue weighted by molar-refractivity contribution is -0.122.